The van der Waals surface area contributed by atoms with Crippen LogP contribution in [-0.2, 0) is 0 Å². The van der Waals surface area contributed by atoms with E-state index in [1.165, 1.54) is 74.5 Å². The minimum atomic E-state index is -1.38. The van der Waals surface area contributed by atoms with Gasteiger partial charge in [0.2, 0.25) is 0 Å². The van der Waals surface area contributed by atoms with Crippen molar-refractivity contribution in [2.75, 3.05) is 26.2 Å². The van der Waals surface area contributed by atoms with Crippen molar-refractivity contribution in [2.45, 2.75) is 53.4 Å². The Bertz CT molecular complexity index is 469. The number of hydrogen-bond acceptors (Lipinski definition) is 3. The van der Waals surface area contributed by atoms with Crippen molar-refractivity contribution < 1.29 is 24.3 Å². The minimum absolute atomic E-state index is 0.0586. The Morgan fingerprint density at radius 1 is 0.880 bits per heavy atom. The summed E-state index contributed by atoms with van der Waals surface area (Å²) in [6.45, 7) is 14.8. The first-order chi connectivity index (χ1) is 11.9. The van der Waals surface area contributed by atoms with Gasteiger partial charge in [-0.05, 0) is 43.4 Å². The van der Waals surface area contributed by atoms with Crippen molar-refractivity contribution in [1.29, 1.82) is 0 Å². The molecule has 0 bridgehead atoms. The maximum absolute atomic E-state index is 10.4. The van der Waals surface area contributed by atoms with Crippen molar-refractivity contribution in [1.82, 2.24) is 0 Å². The molecule has 0 saturated carbocycles. The number of hydrogen-bond donors (Lipinski definition) is 1. The maximum Gasteiger partial charge on any atom is 0.335 e. The third-order valence-electron chi connectivity index (χ3n) is 4.14. The number of aromatic carboxylic acids is 2. The number of quaternary nitrogens is 1. The summed E-state index contributed by atoms with van der Waals surface area (Å²) >= 11 is 0. The van der Waals surface area contributed by atoms with Crippen molar-refractivity contribution in [3.8, 4) is 0 Å². The lowest BCUT2D eigenvalue weighted by Gasteiger charge is -2.38. The van der Waals surface area contributed by atoms with Gasteiger partial charge in [0.25, 0.3) is 0 Å². The number of carbonyl (C=O) groups is 2. The molecule has 25 heavy (non-hydrogen) atoms. The number of nitrogens with zero attached hydrogens (tertiary/aromatic N) is 1. The average molecular weight is 351 g/mol. The fourth-order valence-corrected chi connectivity index (χ4v) is 3.35. The van der Waals surface area contributed by atoms with Crippen LogP contribution in [0.5, 0.6) is 0 Å². The Morgan fingerprint density at radius 2 is 1.28 bits per heavy atom. The van der Waals surface area contributed by atoms with E-state index in [0.717, 1.165) is 6.07 Å². The number of benzene rings is 1. The molecule has 0 radical (unpaired) electrons. The quantitative estimate of drug-likeness (QED) is 0.657. The van der Waals surface area contributed by atoms with Gasteiger partial charge in [-0.2, -0.15) is 0 Å². The molecule has 1 N–H and O–H groups in total. The molecule has 1 rings (SSSR count). The molecule has 0 aromatic heterocycles. The molecule has 1 aromatic rings. The van der Waals surface area contributed by atoms with E-state index in [1.54, 1.807) is 0 Å². The first kappa shape index (κ1) is 23.1. The Balaban J connectivity index is 0.000000462. The van der Waals surface area contributed by atoms with Gasteiger partial charge in [-0.15, -0.1) is 0 Å². The number of carboxylic acids is 2. The van der Waals surface area contributed by atoms with Crippen molar-refractivity contribution in [3.05, 3.63) is 35.4 Å². The molecular formula is C20H33NO4. The molecular weight excluding hydrogens is 318 g/mol. The first-order valence-electron chi connectivity index (χ1n) is 9.25. The lowest BCUT2D eigenvalue weighted by molar-refractivity contribution is -0.928. The fourth-order valence-electron chi connectivity index (χ4n) is 3.35. The van der Waals surface area contributed by atoms with Gasteiger partial charge in [-0.1, -0.05) is 39.8 Å². The van der Waals surface area contributed by atoms with Gasteiger partial charge < -0.3 is 19.5 Å². The Hall–Kier alpha value is -1.88. The third-order valence-corrected chi connectivity index (χ3v) is 4.14. The van der Waals surface area contributed by atoms with E-state index >= 15 is 0 Å². The van der Waals surface area contributed by atoms with Crippen LogP contribution in [0.2, 0.25) is 0 Å². The summed E-state index contributed by atoms with van der Waals surface area (Å²) in [5.41, 5.74) is -0.188. The Morgan fingerprint density at radius 3 is 1.60 bits per heavy atom. The van der Waals surface area contributed by atoms with Gasteiger partial charge in [-0.3, -0.25) is 0 Å². The van der Waals surface area contributed by atoms with Gasteiger partial charge in [0.15, 0.2) is 0 Å². The zero-order chi connectivity index (χ0) is 19.3. The summed E-state index contributed by atoms with van der Waals surface area (Å²) < 4.78 is 1.38. The molecule has 0 amide bonds. The molecule has 0 spiro atoms. The second-order valence-corrected chi connectivity index (χ2v) is 6.41. The summed E-state index contributed by atoms with van der Waals surface area (Å²) in [5, 5.41) is 18.7. The number of rotatable bonds is 10. The van der Waals surface area contributed by atoms with Gasteiger partial charge in [0.1, 0.15) is 0 Å². The highest BCUT2D eigenvalue weighted by Gasteiger charge is 2.22. The van der Waals surface area contributed by atoms with Crippen LogP contribution < -0.4 is 5.11 Å². The molecule has 5 heteroatoms. The highest BCUT2D eigenvalue weighted by molar-refractivity contribution is 5.92. The first-order valence-corrected chi connectivity index (χ1v) is 9.25. The van der Waals surface area contributed by atoms with Crippen LogP contribution in [0.3, 0.4) is 0 Å². The van der Waals surface area contributed by atoms with Crippen molar-refractivity contribution >= 4 is 11.9 Å². The molecule has 0 aliphatic heterocycles. The zero-order valence-electron chi connectivity index (χ0n) is 16.1. The summed E-state index contributed by atoms with van der Waals surface area (Å²) in [6.07, 6.45) is 5.33. The van der Waals surface area contributed by atoms with Crippen LogP contribution in [0.15, 0.2) is 24.3 Å². The normalized spacial score (nSPS) is 10.7. The van der Waals surface area contributed by atoms with Crippen molar-refractivity contribution in [2.24, 2.45) is 0 Å². The monoisotopic (exact) mass is 351 g/mol. The fraction of sp³-hybridized carbons (Fsp3) is 0.600. The second kappa shape index (κ2) is 12.5. The SMILES string of the molecule is CCC[N+](CCC)(CCC)CCC.O=C([O-])c1cccc(C(=O)O)c1. The van der Waals surface area contributed by atoms with Crippen molar-refractivity contribution in [3.63, 3.8) is 0 Å². The highest BCUT2D eigenvalue weighted by atomic mass is 16.4. The van der Waals surface area contributed by atoms with E-state index in [-0.39, 0.29) is 11.1 Å². The molecule has 1 aromatic carbocycles. The lowest BCUT2D eigenvalue weighted by atomic mass is 10.1. The molecule has 0 atom stereocenters. The standard InChI is InChI=1S/C12H28N.C8H6O4/c1-5-9-13(10-6-2,11-7-3)12-8-4;9-7(10)5-2-1-3-6(4-5)8(11)12/h5-12H2,1-4H3;1-4H,(H,9,10)(H,11,12)/q+1;/p-1. The third kappa shape index (κ3) is 8.68. The van der Waals surface area contributed by atoms with Gasteiger partial charge >= 0.3 is 5.97 Å². The molecule has 5 nitrogen and oxygen atoms in total. The Kier molecular flexibility index (Phi) is 11.5. The predicted molar refractivity (Wildman–Crippen MR) is 98.6 cm³/mol. The highest BCUT2D eigenvalue weighted by Crippen LogP contribution is 2.12. The average Bonchev–Trinajstić information content (AvgIpc) is 2.56. The number of carbonyl (C=O) groups excluding carboxylic acids is 1. The summed E-state index contributed by atoms with van der Waals surface area (Å²) in [5.74, 6) is -2.53. The van der Waals surface area contributed by atoms with Crippen LogP contribution in [0.4, 0.5) is 0 Å². The van der Waals surface area contributed by atoms with Gasteiger partial charge in [-0.25, -0.2) is 4.79 Å². The molecule has 0 unspecified atom stereocenters. The van der Waals surface area contributed by atoms with E-state index in [4.69, 9.17) is 5.11 Å². The van der Waals surface area contributed by atoms with E-state index in [0.29, 0.717) is 0 Å². The second-order valence-electron chi connectivity index (χ2n) is 6.41. The van der Waals surface area contributed by atoms with Crippen LogP contribution in [0, 0.1) is 0 Å². The topological polar surface area (TPSA) is 77.4 Å². The summed E-state index contributed by atoms with van der Waals surface area (Å²) in [6, 6.07) is 5.00. The minimum Gasteiger partial charge on any atom is -0.545 e. The van der Waals surface area contributed by atoms with Crippen LogP contribution >= 0.6 is 0 Å². The molecule has 0 aliphatic carbocycles. The van der Waals surface area contributed by atoms with Crippen LogP contribution in [0.1, 0.15) is 74.1 Å². The van der Waals surface area contributed by atoms with Gasteiger partial charge in [0, 0.05) is 0 Å². The van der Waals surface area contributed by atoms with E-state index in [2.05, 4.69) is 27.7 Å². The van der Waals surface area contributed by atoms with Crippen LogP contribution in [-0.4, -0.2) is 47.7 Å². The van der Waals surface area contributed by atoms with Gasteiger partial charge in [0.05, 0.1) is 37.7 Å². The summed E-state index contributed by atoms with van der Waals surface area (Å²) in [4.78, 5) is 20.6. The lowest BCUT2D eigenvalue weighted by Crippen LogP contribution is -2.50. The maximum atomic E-state index is 10.4. The predicted octanol–water partition coefficient (Wildman–Crippen LogP) is 3.19. The molecule has 0 aliphatic rings. The zero-order valence-corrected chi connectivity index (χ0v) is 16.1. The Labute approximate surface area is 151 Å². The molecule has 0 fully saturated rings. The molecule has 0 saturated heterocycles. The number of carboxylic acid groups (broad SMARTS) is 2. The largest absolute Gasteiger partial charge is 0.545 e. The molecule has 0 heterocycles. The van der Waals surface area contributed by atoms with E-state index < -0.39 is 11.9 Å². The van der Waals surface area contributed by atoms with Crippen LogP contribution in [0.25, 0.3) is 0 Å². The molecule has 142 valence electrons. The van der Waals surface area contributed by atoms with E-state index in [9.17, 15) is 14.7 Å². The van der Waals surface area contributed by atoms with E-state index in [1.807, 2.05) is 0 Å². The smallest absolute Gasteiger partial charge is 0.335 e. The summed E-state index contributed by atoms with van der Waals surface area (Å²) in [7, 11) is 0.